The zero-order valence-corrected chi connectivity index (χ0v) is 13.8. The Morgan fingerprint density at radius 2 is 1.90 bits per heavy atom. The van der Waals surface area contributed by atoms with Gasteiger partial charge in [-0.25, -0.2) is 0 Å². The fourth-order valence-corrected chi connectivity index (χ4v) is 4.60. The van der Waals surface area contributed by atoms with Crippen LogP contribution in [0.25, 0.3) is 0 Å². The van der Waals surface area contributed by atoms with Gasteiger partial charge in [0.15, 0.2) is 0 Å². The Balaban J connectivity index is 1.94. The molecule has 118 valence electrons. The number of halogens is 1. The zero-order valence-electron chi connectivity index (χ0n) is 13.0. The van der Waals surface area contributed by atoms with Crippen molar-refractivity contribution in [3.05, 3.63) is 16.9 Å². The first-order chi connectivity index (χ1) is 10.2. The molecule has 0 amide bonds. The van der Waals surface area contributed by atoms with E-state index in [1.54, 1.807) is 6.20 Å². The van der Waals surface area contributed by atoms with Crippen LogP contribution in [0.5, 0.6) is 0 Å². The summed E-state index contributed by atoms with van der Waals surface area (Å²) < 4.78 is 1.98. The predicted octanol–water partition coefficient (Wildman–Crippen LogP) is 3.35. The van der Waals surface area contributed by atoms with E-state index in [0.717, 1.165) is 17.3 Å². The Kier molecular flexibility index (Phi) is 4.57. The number of hydrogen-bond donors (Lipinski definition) is 1. The zero-order chi connectivity index (χ0) is 14.9. The first kappa shape index (κ1) is 15.3. The molecule has 2 aliphatic rings. The lowest BCUT2D eigenvalue weighted by Gasteiger charge is -2.47. The molecule has 1 saturated heterocycles. The summed E-state index contributed by atoms with van der Waals surface area (Å²) >= 11 is 6.42. The molecule has 0 radical (unpaired) electrons. The number of aromatic nitrogens is 2. The lowest BCUT2D eigenvalue weighted by atomic mass is 9.83. The summed E-state index contributed by atoms with van der Waals surface area (Å²) in [6.07, 6.45) is 10.7. The van der Waals surface area contributed by atoms with Gasteiger partial charge in [-0.1, -0.05) is 30.9 Å². The number of rotatable bonds is 4. The topological polar surface area (TPSA) is 47.1 Å². The maximum atomic E-state index is 6.80. The molecule has 5 heteroatoms. The molecule has 1 aromatic rings. The fraction of sp³-hybridized carbons (Fsp3) is 0.812. The third kappa shape index (κ3) is 2.62. The molecule has 1 aromatic heterocycles. The number of aryl methyl sites for hydroxylation is 1. The minimum Gasteiger partial charge on any atom is -0.321 e. The second-order valence-electron chi connectivity index (χ2n) is 6.53. The fourth-order valence-electron chi connectivity index (χ4n) is 4.34. The molecule has 1 aliphatic carbocycles. The van der Waals surface area contributed by atoms with Crippen LogP contribution >= 0.6 is 11.6 Å². The standard InChI is InChI=1S/C16H27ClN4/c1-2-21-14(13(17)12-19-21)15(18)16(8-4-5-9-16)20-10-6-3-7-11-20/h12,15H,2-11,18H2,1H3. The van der Waals surface area contributed by atoms with E-state index < -0.39 is 0 Å². The maximum Gasteiger partial charge on any atom is 0.0834 e. The maximum absolute atomic E-state index is 6.80. The smallest absolute Gasteiger partial charge is 0.0834 e. The number of nitrogens with zero attached hydrogens (tertiary/aromatic N) is 3. The Bertz CT molecular complexity index is 473. The van der Waals surface area contributed by atoms with Gasteiger partial charge in [0.2, 0.25) is 0 Å². The lowest BCUT2D eigenvalue weighted by Crippen LogP contribution is -2.55. The van der Waals surface area contributed by atoms with Crippen molar-refractivity contribution < 1.29 is 0 Å². The van der Waals surface area contributed by atoms with Crippen molar-refractivity contribution in [2.45, 2.75) is 70.0 Å². The first-order valence-electron chi connectivity index (χ1n) is 8.41. The molecule has 2 fully saturated rings. The molecule has 1 saturated carbocycles. The van der Waals surface area contributed by atoms with Gasteiger partial charge >= 0.3 is 0 Å². The monoisotopic (exact) mass is 310 g/mol. The second-order valence-corrected chi connectivity index (χ2v) is 6.94. The highest BCUT2D eigenvalue weighted by atomic mass is 35.5. The van der Waals surface area contributed by atoms with Gasteiger partial charge in [0.1, 0.15) is 0 Å². The summed E-state index contributed by atoms with van der Waals surface area (Å²) in [4.78, 5) is 2.66. The summed E-state index contributed by atoms with van der Waals surface area (Å²) in [5.41, 5.74) is 7.93. The van der Waals surface area contributed by atoms with Crippen molar-refractivity contribution in [2.75, 3.05) is 13.1 Å². The van der Waals surface area contributed by atoms with Crippen LogP contribution in [0.15, 0.2) is 6.20 Å². The normalized spacial score (nSPS) is 24.3. The molecule has 0 aromatic carbocycles. The minimum atomic E-state index is -0.0342. The number of piperidine rings is 1. The van der Waals surface area contributed by atoms with Crippen LogP contribution in [0.3, 0.4) is 0 Å². The molecule has 1 unspecified atom stereocenters. The molecule has 1 aliphatic heterocycles. The first-order valence-corrected chi connectivity index (χ1v) is 8.78. The van der Waals surface area contributed by atoms with Crippen molar-refractivity contribution in [3.63, 3.8) is 0 Å². The predicted molar refractivity (Wildman–Crippen MR) is 86.5 cm³/mol. The van der Waals surface area contributed by atoms with Gasteiger partial charge in [-0.3, -0.25) is 9.58 Å². The van der Waals surface area contributed by atoms with E-state index in [1.807, 2.05) is 4.68 Å². The highest BCUT2D eigenvalue weighted by Gasteiger charge is 2.46. The highest BCUT2D eigenvalue weighted by molar-refractivity contribution is 6.31. The van der Waals surface area contributed by atoms with Crippen molar-refractivity contribution in [3.8, 4) is 0 Å². The average Bonchev–Trinajstić information content (AvgIpc) is 3.15. The Morgan fingerprint density at radius 3 is 2.52 bits per heavy atom. The van der Waals surface area contributed by atoms with Crippen LogP contribution < -0.4 is 5.73 Å². The molecular weight excluding hydrogens is 284 g/mol. The molecular formula is C16H27ClN4. The number of likely N-dealkylation sites (tertiary alicyclic amines) is 1. The van der Waals surface area contributed by atoms with Crippen molar-refractivity contribution in [1.29, 1.82) is 0 Å². The van der Waals surface area contributed by atoms with Crippen molar-refractivity contribution >= 4 is 11.6 Å². The van der Waals surface area contributed by atoms with Crippen LogP contribution in [-0.2, 0) is 6.54 Å². The van der Waals surface area contributed by atoms with Gasteiger partial charge in [-0.15, -0.1) is 0 Å². The summed E-state index contributed by atoms with van der Waals surface area (Å²) in [6.45, 7) is 5.30. The van der Waals surface area contributed by atoms with Gasteiger partial charge in [-0.2, -0.15) is 5.10 Å². The van der Waals surface area contributed by atoms with E-state index in [9.17, 15) is 0 Å². The Labute approximate surface area is 132 Å². The van der Waals surface area contributed by atoms with Crippen molar-refractivity contribution in [2.24, 2.45) is 5.73 Å². The summed E-state index contributed by atoms with van der Waals surface area (Å²) in [6, 6.07) is -0.0342. The van der Waals surface area contributed by atoms with Gasteiger partial charge in [0.25, 0.3) is 0 Å². The highest BCUT2D eigenvalue weighted by Crippen LogP contribution is 2.45. The van der Waals surface area contributed by atoms with Gasteiger partial charge in [-0.05, 0) is 45.7 Å². The largest absolute Gasteiger partial charge is 0.321 e. The van der Waals surface area contributed by atoms with Gasteiger partial charge < -0.3 is 5.73 Å². The quantitative estimate of drug-likeness (QED) is 0.927. The molecule has 2 N–H and O–H groups in total. The number of hydrogen-bond acceptors (Lipinski definition) is 3. The Hall–Kier alpha value is -0.580. The van der Waals surface area contributed by atoms with Crippen molar-refractivity contribution in [1.82, 2.24) is 14.7 Å². The lowest BCUT2D eigenvalue weighted by molar-refractivity contribution is 0.0454. The van der Waals surface area contributed by atoms with Crippen LogP contribution in [-0.4, -0.2) is 33.3 Å². The van der Waals surface area contributed by atoms with E-state index in [4.69, 9.17) is 17.3 Å². The molecule has 4 nitrogen and oxygen atoms in total. The van der Waals surface area contributed by atoms with Crippen LogP contribution in [0.2, 0.25) is 5.02 Å². The van der Waals surface area contributed by atoms with E-state index in [-0.39, 0.29) is 11.6 Å². The third-order valence-corrected chi connectivity index (χ3v) is 5.75. The summed E-state index contributed by atoms with van der Waals surface area (Å²) in [5, 5.41) is 5.12. The van der Waals surface area contributed by atoms with Gasteiger partial charge in [0.05, 0.1) is 23.0 Å². The van der Waals surface area contributed by atoms with Crippen LogP contribution in [0.1, 0.15) is 63.6 Å². The van der Waals surface area contributed by atoms with E-state index in [1.165, 1.54) is 58.0 Å². The van der Waals surface area contributed by atoms with Crippen LogP contribution in [0.4, 0.5) is 0 Å². The summed E-state index contributed by atoms with van der Waals surface area (Å²) in [5.74, 6) is 0. The number of nitrogens with two attached hydrogens (primary N) is 1. The minimum absolute atomic E-state index is 0.0342. The SMILES string of the molecule is CCn1ncc(Cl)c1C(N)C1(N2CCCCC2)CCCC1. The van der Waals surface area contributed by atoms with Gasteiger partial charge in [0, 0.05) is 12.1 Å². The molecule has 2 heterocycles. The molecule has 1 atom stereocenters. The van der Waals surface area contributed by atoms with E-state index >= 15 is 0 Å². The third-order valence-electron chi connectivity index (χ3n) is 5.46. The second kappa shape index (κ2) is 6.27. The van der Waals surface area contributed by atoms with E-state index in [0.29, 0.717) is 0 Å². The van der Waals surface area contributed by atoms with Crippen LogP contribution in [0, 0.1) is 0 Å². The molecule has 3 rings (SSSR count). The Morgan fingerprint density at radius 1 is 1.24 bits per heavy atom. The molecule has 21 heavy (non-hydrogen) atoms. The average molecular weight is 311 g/mol. The molecule has 0 spiro atoms. The summed E-state index contributed by atoms with van der Waals surface area (Å²) in [7, 11) is 0. The van der Waals surface area contributed by atoms with E-state index in [2.05, 4.69) is 16.9 Å². The molecule has 0 bridgehead atoms.